The molecule has 4 aromatic rings. The largest absolute Gasteiger partial charge is 0.496 e. The predicted molar refractivity (Wildman–Crippen MR) is 114 cm³/mol. The van der Waals surface area contributed by atoms with Crippen LogP contribution in [0.3, 0.4) is 0 Å². The number of hydrogen-bond acceptors (Lipinski definition) is 3. The number of aromatic nitrogens is 2. The van der Waals surface area contributed by atoms with E-state index < -0.39 is 0 Å². The van der Waals surface area contributed by atoms with Crippen molar-refractivity contribution < 1.29 is 4.74 Å². The Kier molecular flexibility index (Phi) is 5.13. The van der Waals surface area contributed by atoms with E-state index in [1.165, 1.54) is 11.1 Å². The van der Waals surface area contributed by atoms with E-state index in [9.17, 15) is 0 Å². The Morgan fingerprint density at radius 3 is 2.64 bits per heavy atom. The maximum atomic E-state index is 5.62. The summed E-state index contributed by atoms with van der Waals surface area (Å²) in [5.74, 6) is 0.870. The van der Waals surface area contributed by atoms with E-state index in [-0.39, 0.29) is 6.04 Å². The summed E-state index contributed by atoms with van der Waals surface area (Å²) in [5, 5.41) is 3.61. The lowest BCUT2D eigenvalue weighted by Gasteiger charge is -2.16. The normalized spacial score (nSPS) is 12.2. The number of methoxy groups -OCH3 is 1. The molecule has 3 aromatic carbocycles. The molecule has 1 atom stereocenters. The molecule has 4 heteroatoms. The molecule has 1 aromatic heterocycles. The van der Waals surface area contributed by atoms with Gasteiger partial charge in [-0.25, -0.2) is 4.98 Å². The van der Waals surface area contributed by atoms with E-state index in [0.29, 0.717) is 0 Å². The van der Waals surface area contributed by atoms with Crippen LogP contribution < -0.4 is 10.1 Å². The molecule has 0 saturated heterocycles. The van der Waals surface area contributed by atoms with Crippen LogP contribution in [0.15, 0.2) is 73.1 Å². The molecule has 142 valence electrons. The summed E-state index contributed by atoms with van der Waals surface area (Å²) in [6, 6.07) is 23.5. The fourth-order valence-electron chi connectivity index (χ4n) is 3.52. The van der Waals surface area contributed by atoms with Gasteiger partial charge in [0.15, 0.2) is 0 Å². The molecule has 0 amide bonds. The van der Waals surface area contributed by atoms with Crippen LogP contribution >= 0.6 is 0 Å². The second kappa shape index (κ2) is 7.87. The maximum absolute atomic E-state index is 5.62. The number of aryl methyl sites for hydroxylation is 1. The minimum Gasteiger partial charge on any atom is -0.496 e. The molecule has 0 aliphatic rings. The number of ether oxygens (including phenoxy) is 1. The lowest BCUT2D eigenvalue weighted by molar-refractivity contribution is 0.416. The molecule has 0 aliphatic heterocycles. The summed E-state index contributed by atoms with van der Waals surface area (Å²) < 4.78 is 7.65. The highest BCUT2D eigenvalue weighted by molar-refractivity contribution is 5.83. The minimum atomic E-state index is 0.289. The van der Waals surface area contributed by atoms with Crippen molar-refractivity contribution in [1.29, 1.82) is 0 Å². The van der Waals surface area contributed by atoms with Crippen molar-refractivity contribution in [1.82, 2.24) is 14.9 Å². The second-order valence-corrected chi connectivity index (χ2v) is 7.11. The van der Waals surface area contributed by atoms with Crippen molar-refractivity contribution in [2.24, 2.45) is 7.05 Å². The van der Waals surface area contributed by atoms with Gasteiger partial charge in [-0.05, 0) is 47.9 Å². The highest BCUT2D eigenvalue weighted by atomic mass is 16.5. The van der Waals surface area contributed by atoms with E-state index in [1.54, 1.807) is 7.11 Å². The molecule has 1 N–H and O–H groups in total. The summed E-state index contributed by atoms with van der Waals surface area (Å²) in [7, 11) is 3.73. The molecule has 0 unspecified atom stereocenters. The fraction of sp³-hybridized carbons (Fsp3) is 0.208. The summed E-state index contributed by atoms with van der Waals surface area (Å²) in [5.41, 5.74) is 6.82. The van der Waals surface area contributed by atoms with Crippen molar-refractivity contribution in [2.45, 2.75) is 19.5 Å². The first kappa shape index (κ1) is 18.3. The zero-order valence-corrected chi connectivity index (χ0v) is 16.5. The summed E-state index contributed by atoms with van der Waals surface area (Å²) in [6.45, 7) is 2.98. The third-order valence-corrected chi connectivity index (χ3v) is 5.21. The smallest absolute Gasteiger partial charge is 0.126 e. The first-order valence-electron chi connectivity index (χ1n) is 9.52. The second-order valence-electron chi connectivity index (χ2n) is 7.11. The number of rotatable bonds is 6. The number of nitrogens with zero attached hydrogens (tertiary/aromatic N) is 2. The van der Waals surface area contributed by atoms with Crippen molar-refractivity contribution in [3.05, 3.63) is 84.2 Å². The zero-order valence-electron chi connectivity index (χ0n) is 16.5. The highest BCUT2D eigenvalue weighted by Gasteiger charge is 2.11. The molecule has 0 bridgehead atoms. The van der Waals surface area contributed by atoms with Gasteiger partial charge in [0.1, 0.15) is 5.75 Å². The first-order valence-corrected chi connectivity index (χ1v) is 9.52. The fourth-order valence-corrected chi connectivity index (χ4v) is 3.52. The monoisotopic (exact) mass is 371 g/mol. The van der Waals surface area contributed by atoms with Gasteiger partial charge in [0.05, 0.1) is 24.5 Å². The average molecular weight is 371 g/mol. The lowest BCUT2D eigenvalue weighted by atomic mass is 10.0. The Morgan fingerprint density at radius 1 is 1.04 bits per heavy atom. The Morgan fingerprint density at radius 2 is 1.86 bits per heavy atom. The highest BCUT2D eigenvalue weighted by Crippen LogP contribution is 2.32. The van der Waals surface area contributed by atoms with Crippen LogP contribution in [0, 0.1) is 0 Å². The maximum Gasteiger partial charge on any atom is 0.126 e. The lowest BCUT2D eigenvalue weighted by Crippen LogP contribution is -2.18. The van der Waals surface area contributed by atoms with Crippen LogP contribution in [0.1, 0.15) is 24.1 Å². The first-order chi connectivity index (χ1) is 13.7. The molecule has 0 radical (unpaired) electrons. The minimum absolute atomic E-state index is 0.289. The number of nitrogens with one attached hydrogen (secondary N) is 1. The average Bonchev–Trinajstić information content (AvgIpc) is 3.12. The molecule has 28 heavy (non-hydrogen) atoms. The summed E-state index contributed by atoms with van der Waals surface area (Å²) in [6.07, 6.45) is 1.84. The quantitative estimate of drug-likeness (QED) is 0.512. The molecule has 0 saturated carbocycles. The van der Waals surface area contributed by atoms with Gasteiger partial charge in [0.25, 0.3) is 0 Å². The van der Waals surface area contributed by atoms with Crippen LogP contribution in [0.4, 0.5) is 0 Å². The Balaban J connectivity index is 1.60. The van der Waals surface area contributed by atoms with Crippen LogP contribution in [0.25, 0.3) is 22.2 Å². The molecule has 4 rings (SSSR count). The van der Waals surface area contributed by atoms with E-state index in [1.807, 2.05) is 30.1 Å². The van der Waals surface area contributed by atoms with E-state index >= 15 is 0 Å². The van der Waals surface area contributed by atoms with Crippen molar-refractivity contribution in [3.63, 3.8) is 0 Å². The van der Waals surface area contributed by atoms with Gasteiger partial charge in [0.2, 0.25) is 0 Å². The molecule has 1 heterocycles. The molecular formula is C24H25N3O. The Labute approximate surface area is 165 Å². The van der Waals surface area contributed by atoms with E-state index in [4.69, 9.17) is 4.74 Å². The topological polar surface area (TPSA) is 39.1 Å². The van der Waals surface area contributed by atoms with Gasteiger partial charge in [-0.1, -0.05) is 42.5 Å². The van der Waals surface area contributed by atoms with Crippen LogP contribution in [0.2, 0.25) is 0 Å². The third kappa shape index (κ3) is 3.64. The Bertz CT molecular complexity index is 1090. The van der Waals surface area contributed by atoms with Gasteiger partial charge >= 0.3 is 0 Å². The van der Waals surface area contributed by atoms with E-state index in [2.05, 4.69) is 71.8 Å². The standard InChI is InChI=1S/C24H25N3O/c1-17(19-7-5-4-6-8-19)25-15-18-9-12-24(28-3)21(13-18)20-10-11-23-22(14-20)26-16-27(23)2/h4-14,16-17,25H,15H2,1-3H3/t17-/m1/s1. The van der Waals surface area contributed by atoms with Gasteiger partial charge in [-0.3, -0.25) is 0 Å². The van der Waals surface area contributed by atoms with E-state index in [0.717, 1.165) is 34.5 Å². The summed E-state index contributed by atoms with van der Waals surface area (Å²) in [4.78, 5) is 4.49. The van der Waals surface area contributed by atoms with Crippen molar-refractivity contribution in [2.75, 3.05) is 7.11 Å². The van der Waals surface area contributed by atoms with Crippen molar-refractivity contribution in [3.8, 4) is 16.9 Å². The molecule has 0 aliphatic carbocycles. The van der Waals surface area contributed by atoms with Gasteiger partial charge in [-0.2, -0.15) is 0 Å². The SMILES string of the molecule is COc1ccc(CN[C@H](C)c2ccccc2)cc1-c1ccc2c(c1)ncn2C. The molecule has 4 nitrogen and oxygen atoms in total. The zero-order chi connectivity index (χ0) is 19.5. The van der Waals surface area contributed by atoms with Gasteiger partial charge in [0, 0.05) is 25.2 Å². The summed E-state index contributed by atoms with van der Waals surface area (Å²) >= 11 is 0. The van der Waals surface area contributed by atoms with Gasteiger partial charge in [-0.15, -0.1) is 0 Å². The van der Waals surface area contributed by atoms with Crippen LogP contribution in [-0.4, -0.2) is 16.7 Å². The number of imidazole rings is 1. The molecule has 0 fully saturated rings. The molecular weight excluding hydrogens is 346 g/mol. The van der Waals surface area contributed by atoms with Crippen LogP contribution in [-0.2, 0) is 13.6 Å². The third-order valence-electron chi connectivity index (χ3n) is 5.21. The van der Waals surface area contributed by atoms with Crippen molar-refractivity contribution >= 4 is 11.0 Å². The van der Waals surface area contributed by atoms with Crippen LogP contribution in [0.5, 0.6) is 5.75 Å². The number of benzene rings is 3. The van der Waals surface area contributed by atoms with Gasteiger partial charge < -0.3 is 14.6 Å². The number of fused-ring (bicyclic) bond motifs is 1. The number of hydrogen-bond donors (Lipinski definition) is 1. The predicted octanol–water partition coefficient (Wildman–Crippen LogP) is 5.10. The Hall–Kier alpha value is -3.11. The molecule has 0 spiro atoms.